The molecule has 0 saturated heterocycles. The van der Waals surface area contributed by atoms with E-state index >= 15 is 0 Å². The van der Waals surface area contributed by atoms with Crippen LogP contribution in [0.25, 0.3) is 0 Å². The van der Waals surface area contributed by atoms with Crippen molar-refractivity contribution in [3.8, 4) is 11.5 Å². The van der Waals surface area contributed by atoms with Crippen LogP contribution in [0.1, 0.15) is 38.2 Å². The van der Waals surface area contributed by atoms with E-state index in [-0.39, 0.29) is 17.2 Å². The van der Waals surface area contributed by atoms with Gasteiger partial charge < -0.3 is 9.47 Å². The van der Waals surface area contributed by atoms with Crippen molar-refractivity contribution in [2.24, 2.45) is 22.4 Å². The minimum absolute atomic E-state index is 0.0446. The first kappa shape index (κ1) is 15.8. The molecule has 0 bridgehead atoms. The zero-order chi connectivity index (χ0) is 16.4. The summed E-state index contributed by atoms with van der Waals surface area (Å²) >= 11 is 0. The van der Waals surface area contributed by atoms with Gasteiger partial charge in [0.15, 0.2) is 0 Å². The summed E-state index contributed by atoms with van der Waals surface area (Å²) in [4.78, 5) is 12.3. The van der Waals surface area contributed by atoms with Gasteiger partial charge in [-0.15, -0.1) is 0 Å². The van der Waals surface area contributed by atoms with E-state index in [4.69, 9.17) is 9.47 Å². The fourth-order valence-electron chi connectivity index (χ4n) is 4.01. The zero-order valence-electron chi connectivity index (χ0n) is 14.0. The van der Waals surface area contributed by atoms with Crippen molar-refractivity contribution in [2.45, 2.75) is 32.6 Å². The van der Waals surface area contributed by atoms with Crippen molar-refractivity contribution in [1.29, 1.82) is 0 Å². The van der Waals surface area contributed by atoms with Crippen molar-refractivity contribution < 1.29 is 14.3 Å². The monoisotopic (exact) mass is 316 g/mol. The van der Waals surface area contributed by atoms with Crippen LogP contribution in [0.3, 0.4) is 0 Å². The van der Waals surface area contributed by atoms with Crippen molar-refractivity contribution in [1.82, 2.24) is 5.43 Å². The van der Waals surface area contributed by atoms with E-state index in [1.165, 1.54) is 19.3 Å². The SMILES string of the molecule is COc1ccc(/C=N\NC(=O)[C@@H]2[C@H]3CCCC[C@]32C)c(OC)c1. The Kier molecular flexibility index (Phi) is 4.28. The maximum absolute atomic E-state index is 12.3. The van der Waals surface area contributed by atoms with E-state index in [0.29, 0.717) is 11.7 Å². The van der Waals surface area contributed by atoms with Gasteiger partial charge in [-0.3, -0.25) is 4.79 Å². The first-order chi connectivity index (χ1) is 11.1. The third kappa shape index (κ3) is 2.92. The van der Waals surface area contributed by atoms with Gasteiger partial charge in [0.2, 0.25) is 5.91 Å². The number of amides is 1. The Morgan fingerprint density at radius 2 is 2.17 bits per heavy atom. The van der Waals surface area contributed by atoms with Gasteiger partial charge in [0.05, 0.1) is 20.4 Å². The van der Waals surface area contributed by atoms with Gasteiger partial charge in [0.25, 0.3) is 0 Å². The van der Waals surface area contributed by atoms with E-state index in [0.717, 1.165) is 17.7 Å². The Labute approximate surface area is 137 Å². The second-order valence-corrected chi connectivity index (χ2v) is 6.68. The van der Waals surface area contributed by atoms with Crippen LogP contribution in [0.5, 0.6) is 11.5 Å². The minimum atomic E-state index is 0.0446. The molecular weight excluding hydrogens is 292 g/mol. The number of hydrogen-bond donors (Lipinski definition) is 1. The smallest absolute Gasteiger partial charge is 0.244 e. The molecule has 0 unspecified atom stereocenters. The summed E-state index contributed by atoms with van der Waals surface area (Å²) in [7, 11) is 3.21. The van der Waals surface area contributed by atoms with Crippen molar-refractivity contribution in [2.75, 3.05) is 14.2 Å². The normalized spacial score (nSPS) is 29.0. The van der Waals surface area contributed by atoms with Gasteiger partial charge in [0, 0.05) is 17.5 Å². The number of hydrazone groups is 1. The lowest BCUT2D eigenvalue weighted by molar-refractivity contribution is -0.123. The molecule has 5 heteroatoms. The molecule has 3 rings (SSSR count). The first-order valence-electron chi connectivity index (χ1n) is 8.15. The minimum Gasteiger partial charge on any atom is -0.497 e. The fourth-order valence-corrected chi connectivity index (χ4v) is 4.01. The number of fused-ring (bicyclic) bond motifs is 1. The summed E-state index contributed by atoms with van der Waals surface area (Å²) in [5.41, 5.74) is 3.70. The van der Waals surface area contributed by atoms with Crippen molar-refractivity contribution >= 4 is 12.1 Å². The Balaban J connectivity index is 1.62. The van der Waals surface area contributed by atoms with Gasteiger partial charge >= 0.3 is 0 Å². The third-order valence-electron chi connectivity index (χ3n) is 5.43. The molecule has 3 atom stereocenters. The number of ether oxygens (including phenoxy) is 2. The average molecular weight is 316 g/mol. The molecule has 2 aliphatic rings. The number of benzene rings is 1. The van der Waals surface area contributed by atoms with Crippen LogP contribution in [0.4, 0.5) is 0 Å². The lowest BCUT2D eigenvalue weighted by Crippen LogP contribution is -2.22. The highest BCUT2D eigenvalue weighted by Crippen LogP contribution is 2.66. The Morgan fingerprint density at radius 3 is 2.83 bits per heavy atom. The maximum Gasteiger partial charge on any atom is 0.244 e. The number of nitrogens with zero attached hydrogens (tertiary/aromatic N) is 1. The topological polar surface area (TPSA) is 59.9 Å². The number of rotatable bonds is 5. The first-order valence-corrected chi connectivity index (χ1v) is 8.15. The maximum atomic E-state index is 12.3. The molecule has 2 saturated carbocycles. The molecule has 0 spiro atoms. The summed E-state index contributed by atoms with van der Waals surface area (Å²) in [6.07, 6.45) is 6.43. The summed E-state index contributed by atoms with van der Waals surface area (Å²) in [5.74, 6) is 2.09. The molecule has 1 aromatic rings. The van der Waals surface area contributed by atoms with Crippen LogP contribution in [0.2, 0.25) is 0 Å². The van der Waals surface area contributed by atoms with Crippen LogP contribution < -0.4 is 14.9 Å². The predicted octanol–water partition coefficient (Wildman–Crippen LogP) is 2.98. The molecule has 0 heterocycles. The average Bonchev–Trinajstić information content (AvgIpc) is 3.20. The van der Waals surface area contributed by atoms with Gasteiger partial charge in [-0.1, -0.05) is 19.8 Å². The lowest BCUT2D eigenvalue weighted by Gasteiger charge is -2.15. The zero-order valence-corrected chi connectivity index (χ0v) is 14.0. The second-order valence-electron chi connectivity index (χ2n) is 6.68. The Bertz CT molecular complexity index is 629. The highest BCUT2D eigenvalue weighted by Gasteiger charge is 2.64. The van der Waals surface area contributed by atoms with Crippen LogP contribution >= 0.6 is 0 Å². The number of methoxy groups -OCH3 is 2. The quantitative estimate of drug-likeness (QED) is 0.671. The molecule has 1 amide bonds. The standard InChI is InChI=1S/C18H24N2O3/c1-18-9-5-4-6-14(18)16(18)17(21)20-19-11-12-7-8-13(22-2)10-15(12)23-3/h7-8,10-11,14,16H,4-6,9H2,1-3H3,(H,20,21)/b19-11-/t14-,16+,18-/m1/s1. The highest BCUT2D eigenvalue weighted by atomic mass is 16.5. The summed E-state index contributed by atoms with van der Waals surface area (Å²) in [6, 6.07) is 5.48. The largest absolute Gasteiger partial charge is 0.497 e. The van der Waals surface area contributed by atoms with E-state index in [1.54, 1.807) is 26.5 Å². The second kappa shape index (κ2) is 6.22. The predicted molar refractivity (Wildman–Crippen MR) is 88.8 cm³/mol. The van der Waals surface area contributed by atoms with E-state index in [2.05, 4.69) is 17.5 Å². The van der Waals surface area contributed by atoms with Crippen LogP contribution in [0, 0.1) is 17.3 Å². The van der Waals surface area contributed by atoms with E-state index in [1.807, 2.05) is 12.1 Å². The summed E-state index contributed by atoms with van der Waals surface area (Å²) < 4.78 is 10.5. The number of hydrogen-bond acceptors (Lipinski definition) is 4. The molecule has 0 aliphatic heterocycles. The molecule has 124 valence electrons. The Morgan fingerprint density at radius 1 is 1.35 bits per heavy atom. The van der Waals surface area contributed by atoms with Crippen LogP contribution in [-0.4, -0.2) is 26.3 Å². The molecule has 1 aromatic carbocycles. The summed E-state index contributed by atoms with van der Waals surface area (Å²) in [5, 5.41) is 4.11. The van der Waals surface area contributed by atoms with Crippen molar-refractivity contribution in [3.05, 3.63) is 23.8 Å². The molecule has 23 heavy (non-hydrogen) atoms. The molecule has 2 aliphatic carbocycles. The number of nitrogens with one attached hydrogen (secondary N) is 1. The fraction of sp³-hybridized carbons (Fsp3) is 0.556. The molecule has 1 N–H and O–H groups in total. The van der Waals surface area contributed by atoms with Gasteiger partial charge in [-0.05, 0) is 36.3 Å². The number of carbonyl (C=O) groups is 1. The molecule has 2 fully saturated rings. The van der Waals surface area contributed by atoms with Gasteiger partial charge in [-0.25, -0.2) is 5.43 Å². The molecule has 0 aromatic heterocycles. The van der Waals surface area contributed by atoms with E-state index < -0.39 is 0 Å². The van der Waals surface area contributed by atoms with E-state index in [9.17, 15) is 4.79 Å². The third-order valence-corrected chi connectivity index (χ3v) is 5.43. The van der Waals surface area contributed by atoms with Crippen molar-refractivity contribution in [3.63, 3.8) is 0 Å². The molecule has 0 radical (unpaired) electrons. The molecule has 5 nitrogen and oxygen atoms in total. The Hall–Kier alpha value is -2.04. The van der Waals surface area contributed by atoms with Crippen LogP contribution in [0.15, 0.2) is 23.3 Å². The number of carbonyl (C=O) groups excluding carboxylic acids is 1. The van der Waals surface area contributed by atoms with Gasteiger partial charge in [-0.2, -0.15) is 5.10 Å². The highest BCUT2D eigenvalue weighted by molar-refractivity contribution is 5.87. The lowest BCUT2D eigenvalue weighted by atomic mass is 9.90. The van der Waals surface area contributed by atoms with Crippen LogP contribution in [-0.2, 0) is 4.79 Å². The molecular formula is C18H24N2O3. The summed E-state index contributed by atoms with van der Waals surface area (Å²) in [6.45, 7) is 2.23. The van der Waals surface area contributed by atoms with Gasteiger partial charge in [0.1, 0.15) is 11.5 Å².